The molecule has 0 N–H and O–H groups in total. The first kappa shape index (κ1) is 16.5. The van der Waals surface area contributed by atoms with Crippen LogP contribution in [0.1, 0.15) is 55.8 Å². The molecule has 1 fully saturated rings. The molecular formula is C16H21BrCl2O. The molecule has 1 unspecified atom stereocenters. The topological polar surface area (TPSA) is 9.23 Å². The van der Waals surface area contributed by atoms with Crippen molar-refractivity contribution in [2.45, 2.75) is 50.3 Å². The predicted molar refractivity (Wildman–Crippen MR) is 90.5 cm³/mol. The monoisotopic (exact) mass is 378 g/mol. The van der Waals surface area contributed by atoms with Gasteiger partial charge in [0.1, 0.15) is 5.75 Å². The minimum absolute atomic E-state index is 0.270. The molecule has 20 heavy (non-hydrogen) atoms. The number of hydrogen-bond acceptors (Lipinski definition) is 1. The molecule has 0 aromatic heterocycles. The second-order valence-electron chi connectivity index (χ2n) is 5.44. The van der Waals surface area contributed by atoms with Crippen LogP contribution in [0.15, 0.2) is 12.1 Å². The molecule has 112 valence electrons. The van der Waals surface area contributed by atoms with Gasteiger partial charge < -0.3 is 4.74 Å². The van der Waals surface area contributed by atoms with Crippen molar-refractivity contribution in [3.8, 4) is 5.75 Å². The van der Waals surface area contributed by atoms with Gasteiger partial charge in [-0.2, -0.15) is 0 Å². The molecule has 0 spiro atoms. The van der Waals surface area contributed by atoms with Gasteiger partial charge in [0.15, 0.2) is 0 Å². The fourth-order valence-corrected chi connectivity index (χ4v) is 4.44. The molecule has 0 aliphatic heterocycles. The van der Waals surface area contributed by atoms with E-state index in [9.17, 15) is 0 Å². The second kappa shape index (κ2) is 7.91. The van der Waals surface area contributed by atoms with Crippen molar-refractivity contribution in [2.75, 3.05) is 6.61 Å². The van der Waals surface area contributed by atoms with Crippen LogP contribution in [0.25, 0.3) is 0 Å². The summed E-state index contributed by atoms with van der Waals surface area (Å²) in [5, 5.41) is 1.37. The fraction of sp³-hybridized carbons (Fsp3) is 0.625. The Kier molecular flexibility index (Phi) is 6.51. The van der Waals surface area contributed by atoms with E-state index >= 15 is 0 Å². The van der Waals surface area contributed by atoms with Crippen LogP contribution in [0.4, 0.5) is 0 Å². The number of alkyl halides is 1. The van der Waals surface area contributed by atoms with Crippen molar-refractivity contribution in [1.29, 1.82) is 0 Å². The lowest BCUT2D eigenvalue weighted by Crippen LogP contribution is -2.09. The van der Waals surface area contributed by atoms with Crippen molar-refractivity contribution in [2.24, 2.45) is 5.92 Å². The van der Waals surface area contributed by atoms with Crippen LogP contribution in [0.3, 0.4) is 0 Å². The van der Waals surface area contributed by atoms with E-state index in [1.54, 1.807) is 0 Å². The van der Waals surface area contributed by atoms with E-state index < -0.39 is 0 Å². The molecule has 0 saturated heterocycles. The Labute approximate surface area is 140 Å². The van der Waals surface area contributed by atoms with Crippen LogP contribution in [0.2, 0.25) is 10.0 Å². The lowest BCUT2D eigenvalue weighted by atomic mass is 9.85. The van der Waals surface area contributed by atoms with Gasteiger partial charge in [-0.25, -0.2) is 0 Å². The molecule has 4 heteroatoms. The Balaban J connectivity index is 2.08. The maximum absolute atomic E-state index is 6.38. The summed E-state index contributed by atoms with van der Waals surface area (Å²) in [5.74, 6) is 1.47. The SMILES string of the molecule is CCOc1cc(Cl)c(C(Br)CC2CCCCC2)cc1Cl. The van der Waals surface area contributed by atoms with E-state index in [0.29, 0.717) is 17.4 Å². The van der Waals surface area contributed by atoms with Crippen molar-refractivity contribution in [1.82, 2.24) is 0 Å². The molecule has 0 heterocycles. The minimum atomic E-state index is 0.270. The predicted octanol–water partition coefficient (Wildman–Crippen LogP) is 6.80. The third kappa shape index (κ3) is 4.29. The van der Waals surface area contributed by atoms with Gasteiger partial charge in [0.05, 0.1) is 11.6 Å². The van der Waals surface area contributed by atoms with E-state index in [2.05, 4.69) is 15.9 Å². The Morgan fingerprint density at radius 3 is 2.55 bits per heavy atom. The van der Waals surface area contributed by atoms with Gasteiger partial charge in [-0.15, -0.1) is 0 Å². The lowest BCUT2D eigenvalue weighted by molar-refractivity contribution is 0.337. The molecule has 1 aliphatic carbocycles. The Morgan fingerprint density at radius 2 is 1.90 bits per heavy atom. The third-order valence-electron chi connectivity index (χ3n) is 3.95. The standard InChI is InChI=1S/C16H21BrCl2O/c1-2-20-16-10-14(18)12(9-15(16)19)13(17)8-11-6-4-3-5-7-11/h9-11,13H,2-8H2,1H3. The molecule has 0 bridgehead atoms. The summed E-state index contributed by atoms with van der Waals surface area (Å²) in [6, 6.07) is 3.77. The van der Waals surface area contributed by atoms with Crippen LogP contribution in [0, 0.1) is 5.92 Å². The highest BCUT2D eigenvalue weighted by Crippen LogP contribution is 2.42. The molecule has 1 nitrogen and oxygen atoms in total. The highest BCUT2D eigenvalue weighted by molar-refractivity contribution is 9.09. The maximum Gasteiger partial charge on any atom is 0.139 e. The summed E-state index contributed by atoms with van der Waals surface area (Å²) in [5.41, 5.74) is 1.07. The maximum atomic E-state index is 6.38. The number of rotatable bonds is 5. The summed E-state index contributed by atoms with van der Waals surface area (Å²) in [7, 11) is 0. The Bertz CT molecular complexity index is 444. The first-order valence-electron chi connectivity index (χ1n) is 7.37. The molecule has 1 aromatic carbocycles. The summed E-state index contributed by atoms with van der Waals surface area (Å²) in [6.07, 6.45) is 7.92. The van der Waals surface area contributed by atoms with Gasteiger partial charge in [0, 0.05) is 15.9 Å². The third-order valence-corrected chi connectivity index (χ3v) is 5.44. The zero-order valence-electron chi connectivity index (χ0n) is 11.8. The van der Waals surface area contributed by atoms with Crippen molar-refractivity contribution in [3.05, 3.63) is 27.7 Å². The first-order valence-corrected chi connectivity index (χ1v) is 9.04. The molecular weight excluding hydrogens is 359 g/mol. The second-order valence-corrected chi connectivity index (χ2v) is 7.36. The number of ether oxygens (including phenoxy) is 1. The van der Waals surface area contributed by atoms with Crippen LogP contribution in [-0.2, 0) is 0 Å². The number of benzene rings is 1. The molecule has 1 atom stereocenters. The number of hydrogen-bond donors (Lipinski definition) is 0. The van der Waals surface area contributed by atoms with Crippen LogP contribution in [-0.4, -0.2) is 6.61 Å². The largest absolute Gasteiger partial charge is 0.492 e. The summed E-state index contributed by atoms with van der Waals surface area (Å²) in [6.45, 7) is 2.53. The van der Waals surface area contributed by atoms with Gasteiger partial charge in [-0.05, 0) is 30.9 Å². The summed E-state index contributed by atoms with van der Waals surface area (Å²) < 4.78 is 5.47. The van der Waals surface area contributed by atoms with Crippen LogP contribution < -0.4 is 4.74 Å². The van der Waals surface area contributed by atoms with Gasteiger partial charge >= 0.3 is 0 Å². The van der Waals surface area contributed by atoms with E-state index in [1.165, 1.54) is 32.1 Å². The van der Waals surface area contributed by atoms with E-state index in [1.807, 2.05) is 19.1 Å². The van der Waals surface area contributed by atoms with Crippen LogP contribution in [0.5, 0.6) is 5.75 Å². The van der Waals surface area contributed by atoms with E-state index in [-0.39, 0.29) is 4.83 Å². The van der Waals surface area contributed by atoms with E-state index in [0.717, 1.165) is 22.9 Å². The molecule has 1 aliphatic rings. The smallest absolute Gasteiger partial charge is 0.139 e. The minimum Gasteiger partial charge on any atom is -0.492 e. The van der Waals surface area contributed by atoms with Crippen molar-refractivity contribution >= 4 is 39.1 Å². The molecule has 2 rings (SSSR count). The summed E-state index contributed by atoms with van der Waals surface area (Å²) in [4.78, 5) is 0.270. The molecule has 1 aromatic rings. The highest BCUT2D eigenvalue weighted by atomic mass is 79.9. The molecule has 0 radical (unpaired) electrons. The molecule has 0 amide bonds. The highest BCUT2D eigenvalue weighted by Gasteiger charge is 2.21. The Hall–Kier alpha value is 0.0800. The lowest BCUT2D eigenvalue weighted by Gasteiger charge is -2.24. The zero-order chi connectivity index (χ0) is 14.5. The molecule has 1 saturated carbocycles. The average Bonchev–Trinajstić information content (AvgIpc) is 2.43. The normalized spacial score (nSPS) is 18.0. The van der Waals surface area contributed by atoms with Crippen molar-refractivity contribution in [3.63, 3.8) is 0 Å². The fourth-order valence-electron chi connectivity index (χ4n) is 2.89. The van der Waals surface area contributed by atoms with Crippen LogP contribution >= 0.6 is 39.1 Å². The van der Waals surface area contributed by atoms with Gasteiger partial charge in [-0.3, -0.25) is 0 Å². The van der Waals surface area contributed by atoms with Crippen molar-refractivity contribution < 1.29 is 4.74 Å². The van der Waals surface area contributed by atoms with E-state index in [4.69, 9.17) is 27.9 Å². The van der Waals surface area contributed by atoms with Gasteiger partial charge in [0.25, 0.3) is 0 Å². The van der Waals surface area contributed by atoms with Gasteiger partial charge in [-0.1, -0.05) is 71.2 Å². The number of halogens is 3. The summed E-state index contributed by atoms with van der Waals surface area (Å²) >= 11 is 16.4. The Morgan fingerprint density at radius 1 is 1.20 bits per heavy atom. The average molecular weight is 380 g/mol. The van der Waals surface area contributed by atoms with Gasteiger partial charge in [0.2, 0.25) is 0 Å². The first-order chi connectivity index (χ1) is 9.61. The quantitative estimate of drug-likeness (QED) is 0.511. The zero-order valence-corrected chi connectivity index (χ0v) is 14.9.